The van der Waals surface area contributed by atoms with E-state index in [1.807, 2.05) is 6.07 Å². The Bertz CT molecular complexity index is 1130. The van der Waals surface area contributed by atoms with Crippen LogP contribution in [-0.4, -0.2) is 15.0 Å². The number of nitrogens with zero attached hydrogens (tertiary/aromatic N) is 3. The van der Waals surface area contributed by atoms with E-state index in [1.54, 1.807) is 17.7 Å². The van der Waals surface area contributed by atoms with Gasteiger partial charge in [0.25, 0.3) is 0 Å². The molecule has 0 spiro atoms. The van der Waals surface area contributed by atoms with Gasteiger partial charge >= 0.3 is 0 Å². The second-order valence-corrected chi connectivity index (χ2v) is 8.48. The van der Waals surface area contributed by atoms with Crippen LogP contribution < -0.4 is 5.32 Å². The van der Waals surface area contributed by atoms with Crippen molar-refractivity contribution in [2.45, 2.75) is 45.6 Å². The summed E-state index contributed by atoms with van der Waals surface area (Å²) in [5.74, 6) is 1.36. The predicted octanol–water partition coefficient (Wildman–Crippen LogP) is 5.46. The van der Waals surface area contributed by atoms with Gasteiger partial charge in [0, 0.05) is 17.6 Å². The summed E-state index contributed by atoms with van der Waals surface area (Å²) in [7, 11) is 0. The first-order valence-electron chi connectivity index (χ1n) is 9.59. The number of aryl methyl sites for hydroxylation is 1. The topological polar surface area (TPSA) is 50.7 Å². The minimum Gasteiger partial charge on any atom is -0.365 e. The molecule has 0 saturated heterocycles. The molecule has 1 aromatic carbocycles. The number of hydrogen-bond acceptors (Lipinski definition) is 5. The summed E-state index contributed by atoms with van der Waals surface area (Å²) in [4.78, 5) is 15.4. The number of nitrogens with one attached hydrogen (secondary N) is 1. The molecule has 0 bridgehead atoms. The molecule has 136 valence electrons. The van der Waals surface area contributed by atoms with Crippen LogP contribution in [0.1, 0.15) is 48.6 Å². The van der Waals surface area contributed by atoms with Crippen molar-refractivity contribution in [3.8, 4) is 0 Å². The molecule has 1 aliphatic rings. The summed E-state index contributed by atoms with van der Waals surface area (Å²) in [5, 5.41) is 4.76. The molecule has 0 unspecified atom stereocenters. The first kappa shape index (κ1) is 16.6. The summed E-state index contributed by atoms with van der Waals surface area (Å²) >= 11 is 1.72. The van der Waals surface area contributed by atoms with Gasteiger partial charge in [-0.3, -0.25) is 0 Å². The second-order valence-electron chi connectivity index (χ2n) is 7.48. The molecule has 27 heavy (non-hydrogen) atoms. The van der Waals surface area contributed by atoms with Gasteiger partial charge in [0.15, 0.2) is 0 Å². The SMILES string of the molecule is CC(C)c1nc2sc3c(NCc4ccccc4)ncnc3c2c2c1CCC2. The van der Waals surface area contributed by atoms with Crippen molar-refractivity contribution in [2.24, 2.45) is 0 Å². The summed E-state index contributed by atoms with van der Waals surface area (Å²) in [6.45, 7) is 5.24. The number of anilines is 1. The molecule has 3 aromatic heterocycles. The van der Waals surface area contributed by atoms with Crippen LogP contribution in [-0.2, 0) is 19.4 Å². The standard InChI is InChI=1S/C22H22N4S/c1-13(2)18-16-10-6-9-15(16)17-19-20(27-22(17)26-18)21(25-12-24-19)23-11-14-7-4-3-5-8-14/h3-5,7-8,12-13H,6,9-11H2,1-2H3,(H,23,24,25). The van der Waals surface area contributed by atoms with E-state index in [9.17, 15) is 0 Å². The normalized spacial score (nSPS) is 13.6. The Morgan fingerprint density at radius 1 is 1.07 bits per heavy atom. The van der Waals surface area contributed by atoms with Crippen LogP contribution >= 0.6 is 11.3 Å². The average molecular weight is 375 g/mol. The number of thiophene rings is 1. The van der Waals surface area contributed by atoms with Gasteiger partial charge in [0.05, 0.1) is 10.2 Å². The molecule has 1 N–H and O–H groups in total. The van der Waals surface area contributed by atoms with Gasteiger partial charge in [0.1, 0.15) is 17.0 Å². The highest BCUT2D eigenvalue weighted by Crippen LogP contribution is 2.42. The Hall–Kier alpha value is -2.53. The summed E-state index contributed by atoms with van der Waals surface area (Å²) in [6, 6.07) is 10.4. The number of benzene rings is 1. The highest BCUT2D eigenvalue weighted by atomic mass is 32.1. The van der Waals surface area contributed by atoms with Gasteiger partial charge in [-0.05, 0) is 41.9 Å². The van der Waals surface area contributed by atoms with Crippen molar-refractivity contribution < 1.29 is 0 Å². The van der Waals surface area contributed by atoms with Crippen LogP contribution in [0.4, 0.5) is 5.82 Å². The number of rotatable bonds is 4. The highest BCUT2D eigenvalue weighted by Gasteiger charge is 2.25. The number of fused-ring (bicyclic) bond motifs is 5. The van der Waals surface area contributed by atoms with Crippen molar-refractivity contribution in [3.63, 3.8) is 0 Å². The van der Waals surface area contributed by atoms with E-state index in [0.717, 1.165) is 40.3 Å². The van der Waals surface area contributed by atoms with Crippen molar-refractivity contribution in [1.29, 1.82) is 0 Å². The average Bonchev–Trinajstić information content (AvgIpc) is 3.30. The fraction of sp³-hybridized carbons (Fsp3) is 0.318. The molecule has 5 heteroatoms. The quantitative estimate of drug-likeness (QED) is 0.515. The Morgan fingerprint density at radius 3 is 2.70 bits per heavy atom. The molecule has 0 fully saturated rings. The van der Waals surface area contributed by atoms with Crippen LogP contribution in [0.25, 0.3) is 20.4 Å². The third-order valence-electron chi connectivity index (χ3n) is 5.35. The van der Waals surface area contributed by atoms with Crippen LogP contribution in [0.5, 0.6) is 0 Å². The molecular formula is C22H22N4S. The minimum atomic E-state index is 0.452. The zero-order chi connectivity index (χ0) is 18.4. The molecule has 3 heterocycles. The van der Waals surface area contributed by atoms with Crippen molar-refractivity contribution >= 4 is 37.6 Å². The molecule has 0 amide bonds. The predicted molar refractivity (Wildman–Crippen MR) is 113 cm³/mol. The smallest absolute Gasteiger partial charge is 0.147 e. The minimum absolute atomic E-state index is 0.452. The zero-order valence-corrected chi connectivity index (χ0v) is 16.4. The first-order valence-corrected chi connectivity index (χ1v) is 10.4. The molecule has 4 nitrogen and oxygen atoms in total. The maximum atomic E-state index is 5.07. The van der Waals surface area contributed by atoms with Crippen LogP contribution in [0, 0.1) is 0 Å². The van der Waals surface area contributed by atoms with Gasteiger partial charge in [-0.25, -0.2) is 15.0 Å². The Kier molecular flexibility index (Phi) is 4.05. The third kappa shape index (κ3) is 2.77. The van der Waals surface area contributed by atoms with E-state index < -0.39 is 0 Å². The lowest BCUT2D eigenvalue weighted by Crippen LogP contribution is -2.01. The van der Waals surface area contributed by atoms with Gasteiger partial charge in [-0.2, -0.15) is 0 Å². The maximum Gasteiger partial charge on any atom is 0.147 e. The highest BCUT2D eigenvalue weighted by molar-refractivity contribution is 7.26. The summed E-state index contributed by atoms with van der Waals surface area (Å²) in [5.41, 5.74) is 6.51. The van der Waals surface area contributed by atoms with Gasteiger partial charge in [-0.15, -0.1) is 11.3 Å². The Balaban J connectivity index is 1.65. The Morgan fingerprint density at radius 2 is 1.89 bits per heavy atom. The number of hydrogen-bond donors (Lipinski definition) is 1. The van der Waals surface area contributed by atoms with Gasteiger partial charge in [0.2, 0.25) is 0 Å². The lowest BCUT2D eigenvalue weighted by atomic mass is 9.99. The van der Waals surface area contributed by atoms with E-state index in [2.05, 4.69) is 53.4 Å². The molecule has 0 aliphatic heterocycles. The molecule has 1 aliphatic carbocycles. The van der Waals surface area contributed by atoms with E-state index in [4.69, 9.17) is 4.98 Å². The van der Waals surface area contributed by atoms with Gasteiger partial charge < -0.3 is 5.32 Å². The lowest BCUT2D eigenvalue weighted by Gasteiger charge is -2.11. The first-order chi connectivity index (χ1) is 13.2. The summed E-state index contributed by atoms with van der Waals surface area (Å²) in [6.07, 6.45) is 5.18. The van der Waals surface area contributed by atoms with Crippen LogP contribution in [0.3, 0.4) is 0 Å². The largest absolute Gasteiger partial charge is 0.365 e. The second kappa shape index (κ2) is 6.57. The fourth-order valence-electron chi connectivity index (χ4n) is 4.11. The van der Waals surface area contributed by atoms with E-state index in [1.165, 1.54) is 34.2 Å². The van der Waals surface area contributed by atoms with E-state index >= 15 is 0 Å². The molecule has 0 radical (unpaired) electrons. The fourth-order valence-corrected chi connectivity index (χ4v) is 5.24. The Labute approximate surface area is 162 Å². The molecule has 4 aromatic rings. The molecule has 0 atom stereocenters. The molecular weight excluding hydrogens is 352 g/mol. The lowest BCUT2D eigenvalue weighted by molar-refractivity contribution is 0.805. The zero-order valence-electron chi connectivity index (χ0n) is 15.6. The molecule has 5 rings (SSSR count). The van der Waals surface area contributed by atoms with Crippen molar-refractivity contribution in [1.82, 2.24) is 15.0 Å². The number of pyridine rings is 1. The van der Waals surface area contributed by atoms with Gasteiger partial charge in [-0.1, -0.05) is 44.2 Å². The number of aromatic nitrogens is 3. The van der Waals surface area contributed by atoms with Crippen LogP contribution in [0.15, 0.2) is 36.7 Å². The third-order valence-corrected chi connectivity index (χ3v) is 6.43. The van der Waals surface area contributed by atoms with E-state index in [0.29, 0.717) is 5.92 Å². The van der Waals surface area contributed by atoms with Crippen molar-refractivity contribution in [2.75, 3.05) is 5.32 Å². The molecule has 0 saturated carbocycles. The monoisotopic (exact) mass is 374 g/mol. The van der Waals surface area contributed by atoms with Crippen LogP contribution in [0.2, 0.25) is 0 Å². The van der Waals surface area contributed by atoms with E-state index in [-0.39, 0.29) is 0 Å². The summed E-state index contributed by atoms with van der Waals surface area (Å²) < 4.78 is 1.12. The maximum absolute atomic E-state index is 5.07. The van der Waals surface area contributed by atoms with Crippen molar-refractivity contribution in [3.05, 3.63) is 59.0 Å².